The van der Waals surface area contributed by atoms with Crippen molar-refractivity contribution in [2.75, 3.05) is 20.7 Å². The highest BCUT2D eigenvalue weighted by molar-refractivity contribution is 5.71. The molecule has 0 heterocycles. The Bertz CT molecular complexity index is 62.7. The summed E-state index contributed by atoms with van der Waals surface area (Å²) in [7, 11) is 2.91. The Kier molecular flexibility index (Phi) is 3.32. The fourth-order valence-corrected chi connectivity index (χ4v) is 0.194. The Balaban J connectivity index is 3.00. The van der Waals surface area contributed by atoms with Gasteiger partial charge in [0.25, 0.3) is 0 Å². The molecule has 41 valence electrons. The SMILES string of the molecule is C[N]CC(=O)OC. The van der Waals surface area contributed by atoms with Crippen LogP contribution in [0.4, 0.5) is 0 Å². The van der Waals surface area contributed by atoms with Crippen LogP contribution in [0.25, 0.3) is 0 Å². The number of likely N-dealkylation sites (N-methyl/N-ethyl adjacent to an activating group) is 1. The lowest BCUT2D eigenvalue weighted by Gasteiger charge is -1.91. The molecule has 0 aliphatic rings. The maximum atomic E-state index is 10.1. The summed E-state index contributed by atoms with van der Waals surface area (Å²) >= 11 is 0. The van der Waals surface area contributed by atoms with Crippen molar-refractivity contribution >= 4 is 5.97 Å². The number of carbonyl (C=O) groups is 1. The lowest BCUT2D eigenvalue weighted by molar-refractivity contribution is -0.139. The van der Waals surface area contributed by atoms with Gasteiger partial charge in [-0.15, -0.1) is 0 Å². The van der Waals surface area contributed by atoms with Crippen LogP contribution in [0.2, 0.25) is 0 Å². The average molecular weight is 102 g/mol. The molecule has 0 aromatic carbocycles. The van der Waals surface area contributed by atoms with Gasteiger partial charge in [0.05, 0.1) is 7.11 Å². The third kappa shape index (κ3) is 3.26. The first kappa shape index (κ1) is 6.43. The predicted octanol–water partition coefficient (Wildman–Crippen LogP) is -0.606. The van der Waals surface area contributed by atoms with Gasteiger partial charge in [-0.1, -0.05) is 0 Å². The normalized spacial score (nSPS) is 8.29. The highest BCUT2D eigenvalue weighted by atomic mass is 16.5. The van der Waals surface area contributed by atoms with Gasteiger partial charge in [-0.3, -0.25) is 4.79 Å². The van der Waals surface area contributed by atoms with E-state index < -0.39 is 0 Å². The van der Waals surface area contributed by atoms with E-state index >= 15 is 0 Å². The van der Waals surface area contributed by atoms with Gasteiger partial charge in [0.1, 0.15) is 6.54 Å². The molecule has 3 nitrogen and oxygen atoms in total. The monoisotopic (exact) mass is 102 g/mol. The summed E-state index contributed by atoms with van der Waals surface area (Å²) in [4.78, 5) is 10.1. The van der Waals surface area contributed by atoms with Gasteiger partial charge in [0.15, 0.2) is 0 Å². The van der Waals surface area contributed by atoms with Gasteiger partial charge in [0.2, 0.25) is 0 Å². The highest BCUT2D eigenvalue weighted by Crippen LogP contribution is 1.66. The number of hydrogen-bond acceptors (Lipinski definition) is 2. The Hall–Kier alpha value is -0.570. The third-order valence-electron chi connectivity index (χ3n) is 0.515. The van der Waals surface area contributed by atoms with Crippen LogP contribution < -0.4 is 5.32 Å². The molecule has 0 aliphatic carbocycles. The number of carbonyl (C=O) groups excluding carboxylic acids is 1. The Morgan fingerprint density at radius 1 is 1.86 bits per heavy atom. The van der Waals surface area contributed by atoms with Gasteiger partial charge >= 0.3 is 5.97 Å². The molecule has 0 fully saturated rings. The van der Waals surface area contributed by atoms with Gasteiger partial charge in [0, 0.05) is 7.05 Å². The lowest BCUT2D eigenvalue weighted by Crippen LogP contribution is -2.13. The van der Waals surface area contributed by atoms with E-state index in [4.69, 9.17) is 0 Å². The minimum atomic E-state index is -0.289. The molecule has 3 heteroatoms. The van der Waals surface area contributed by atoms with E-state index in [1.54, 1.807) is 7.05 Å². The molecule has 0 spiro atoms. The Morgan fingerprint density at radius 3 is 2.57 bits per heavy atom. The standard InChI is InChI=1S/C4H8NO2/c1-5-3-4(6)7-2/h3H2,1-2H3. The first-order valence-corrected chi connectivity index (χ1v) is 1.93. The van der Waals surface area contributed by atoms with Gasteiger partial charge in [-0.25, -0.2) is 5.32 Å². The quantitative estimate of drug-likeness (QED) is 0.436. The second-order valence-corrected chi connectivity index (χ2v) is 1.05. The zero-order chi connectivity index (χ0) is 5.70. The number of rotatable bonds is 2. The van der Waals surface area contributed by atoms with Crippen molar-refractivity contribution < 1.29 is 9.53 Å². The summed E-state index contributed by atoms with van der Waals surface area (Å²) in [6.45, 7) is 0.163. The maximum Gasteiger partial charge on any atom is 0.321 e. The summed E-state index contributed by atoms with van der Waals surface area (Å²) in [5.41, 5.74) is 0. The highest BCUT2D eigenvalue weighted by Gasteiger charge is 1.93. The molecular weight excluding hydrogens is 94.0 g/mol. The van der Waals surface area contributed by atoms with Crippen molar-refractivity contribution in [1.29, 1.82) is 0 Å². The van der Waals surface area contributed by atoms with Crippen molar-refractivity contribution in [3.8, 4) is 0 Å². The van der Waals surface area contributed by atoms with E-state index in [0.29, 0.717) is 0 Å². The van der Waals surface area contributed by atoms with Crippen molar-refractivity contribution in [1.82, 2.24) is 5.32 Å². The molecular formula is C4H8NO2. The van der Waals surface area contributed by atoms with Crippen LogP contribution in [0.5, 0.6) is 0 Å². The van der Waals surface area contributed by atoms with E-state index in [1.165, 1.54) is 7.11 Å². The Morgan fingerprint density at radius 2 is 2.43 bits per heavy atom. The molecule has 0 saturated carbocycles. The van der Waals surface area contributed by atoms with Crippen LogP contribution in [0.1, 0.15) is 0 Å². The number of methoxy groups -OCH3 is 1. The van der Waals surface area contributed by atoms with E-state index in [-0.39, 0.29) is 12.5 Å². The van der Waals surface area contributed by atoms with Crippen LogP contribution >= 0.6 is 0 Å². The summed E-state index contributed by atoms with van der Waals surface area (Å²) in [5.74, 6) is -0.289. The Labute approximate surface area is 42.7 Å². The van der Waals surface area contributed by atoms with Crippen LogP contribution in [0, 0.1) is 0 Å². The number of hydrogen-bond donors (Lipinski definition) is 0. The molecule has 0 rings (SSSR count). The smallest absolute Gasteiger partial charge is 0.321 e. The zero-order valence-corrected chi connectivity index (χ0v) is 4.47. The molecule has 0 aromatic heterocycles. The molecule has 0 saturated heterocycles. The van der Waals surface area contributed by atoms with E-state index in [2.05, 4.69) is 10.1 Å². The molecule has 0 aromatic rings. The molecule has 0 bridgehead atoms. The topological polar surface area (TPSA) is 40.4 Å². The molecule has 0 atom stereocenters. The first-order chi connectivity index (χ1) is 3.31. The molecule has 0 aliphatic heterocycles. The van der Waals surface area contributed by atoms with Crippen LogP contribution in [-0.4, -0.2) is 26.7 Å². The largest absolute Gasteiger partial charge is 0.468 e. The second-order valence-electron chi connectivity index (χ2n) is 1.05. The maximum absolute atomic E-state index is 10.1. The van der Waals surface area contributed by atoms with E-state index in [9.17, 15) is 4.79 Å². The van der Waals surface area contributed by atoms with Gasteiger partial charge in [-0.2, -0.15) is 0 Å². The van der Waals surface area contributed by atoms with Crippen molar-refractivity contribution in [2.45, 2.75) is 0 Å². The summed E-state index contributed by atoms with van der Waals surface area (Å²) in [6.07, 6.45) is 0. The zero-order valence-electron chi connectivity index (χ0n) is 4.47. The summed E-state index contributed by atoms with van der Waals surface area (Å²) in [5, 5.41) is 3.53. The second kappa shape index (κ2) is 3.61. The van der Waals surface area contributed by atoms with Gasteiger partial charge in [-0.05, 0) is 0 Å². The fraction of sp³-hybridized carbons (Fsp3) is 0.750. The van der Waals surface area contributed by atoms with Crippen molar-refractivity contribution in [3.05, 3.63) is 0 Å². The summed E-state index contributed by atoms with van der Waals surface area (Å²) < 4.78 is 4.26. The molecule has 7 heavy (non-hydrogen) atoms. The van der Waals surface area contributed by atoms with E-state index in [1.807, 2.05) is 0 Å². The van der Waals surface area contributed by atoms with Crippen molar-refractivity contribution in [3.63, 3.8) is 0 Å². The lowest BCUT2D eigenvalue weighted by atomic mass is 10.7. The molecule has 0 unspecified atom stereocenters. The number of esters is 1. The van der Waals surface area contributed by atoms with E-state index in [0.717, 1.165) is 0 Å². The minimum absolute atomic E-state index is 0.163. The number of nitrogens with zero attached hydrogens (tertiary/aromatic N) is 1. The van der Waals surface area contributed by atoms with Crippen LogP contribution in [-0.2, 0) is 9.53 Å². The number of ether oxygens (including phenoxy) is 1. The molecule has 0 N–H and O–H groups in total. The summed E-state index contributed by atoms with van der Waals surface area (Å²) in [6, 6.07) is 0. The average Bonchev–Trinajstić information content (AvgIpc) is 1.68. The predicted molar refractivity (Wildman–Crippen MR) is 24.9 cm³/mol. The third-order valence-corrected chi connectivity index (χ3v) is 0.515. The van der Waals surface area contributed by atoms with Crippen LogP contribution in [0.15, 0.2) is 0 Å². The molecule has 1 radical (unpaired) electrons. The van der Waals surface area contributed by atoms with Crippen molar-refractivity contribution in [2.24, 2.45) is 0 Å². The molecule has 0 amide bonds. The van der Waals surface area contributed by atoms with Crippen LogP contribution in [0.3, 0.4) is 0 Å². The van der Waals surface area contributed by atoms with Gasteiger partial charge < -0.3 is 4.74 Å². The fourth-order valence-electron chi connectivity index (χ4n) is 0.194. The minimum Gasteiger partial charge on any atom is -0.468 e. The first-order valence-electron chi connectivity index (χ1n) is 1.93.